The maximum absolute atomic E-state index is 12.5. The van der Waals surface area contributed by atoms with E-state index in [1.807, 2.05) is 58.0 Å². The number of nitrogens with one attached hydrogen (secondary N) is 1. The maximum atomic E-state index is 12.5. The highest BCUT2D eigenvalue weighted by atomic mass is 16.1. The van der Waals surface area contributed by atoms with Crippen LogP contribution in [0, 0.1) is 27.7 Å². The first kappa shape index (κ1) is 18.8. The SMILES string of the molecule is Cc1ccc(C)c(NC(=O)CCc2c(C)nn(-c3ccc4nncn4n3)c2C)c1. The maximum Gasteiger partial charge on any atom is 0.224 e. The summed E-state index contributed by atoms with van der Waals surface area (Å²) in [7, 11) is 0. The van der Waals surface area contributed by atoms with Gasteiger partial charge in [-0.25, -0.2) is 4.68 Å². The Morgan fingerprint density at radius 1 is 1.07 bits per heavy atom. The number of nitrogens with zero attached hydrogens (tertiary/aromatic N) is 6. The van der Waals surface area contributed by atoms with Crippen molar-refractivity contribution in [3.63, 3.8) is 0 Å². The molecule has 0 aliphatic carbocycles. The minimum absolute atomic E-state index is 0.00529. The molecule has 0 saturated carbocycles. The lowest BCUT2D eigenvalue weighted by atomic mass is 10.1. The number of carbonyl (C=O) groups excluding carboxylic acids is 1. The molecule has 0 aliphatic rings. The lowest BCUT2D eigenvalue weighted by Crippen LogP contribution is -2.13. The summed E-state index contributed by atoms with van der Waals surface area (Å²) >= 11 is 0. The Bertz CT molecular complexity index is 1210. The lowest BCUT2D eigenvalue weighted by molar-refractivity contribution is -0.116. The van der Waals surface area contributed by atoms with Crippen LogP contribution in [-0.4, -0.2) is 35.5 Å². The Labute approximate surface area is 168 Å². The van der Waals surface area contributed by atoms with Gasteiger partial charge in [-0.15, -0.1) is 15.3 Å². The number of rotatable bonds is 5. The molecule has 1 amide bonds. The van der Waals surface area contributed by atoms with Gasteiger partial charge in [-0.1, -0.05) is 12.1 Å². The smallest absolute Gasteiger partial charge is 0.224 e. The van der Waals surface area contributed by atoms with E-state index in [4.69, 9.17) is 0 Å². The van der Waals surface area contributed by atoms with Crippen molar-refractivity contribution in [3.8, 4) is 5.82 Å². The van der Waals surface area contributed by atoms with Gasteiger partial charge in [0.15, 0.2) is 11.5 Å². The fourth-order valence-electron chi connectivity index (χ4n) is 3.41. The summed E-state index contributed by atoms with van der Waals surface area (Å²) < 4.78 is 3.41. The zero-order chi connectivity index (χ0) is 20.5. The molecule has 8 nitrogen and oxygen atoms in total. The molecule has 1 N–H and O–H groups in total. The van der Waals surface area contributed by atoms with Crippen molar-refractivity contribution in [2.75, 3.05) is 5.32 Å². The third-order valence-corrected chi connectivity index (χ3v) is 5.08. The second-order valence-electron chi connectivity index (χ2n) is 7.25. The third-order valence-electron chi connectivity index (χ3n) is 5.08. The van der Waals surface area contributed by atoms with E-state index in [0.29, 0.717) is 24.3 Å². The van der Waals surface area contributed by atoms with Crippen LogP contribution < -0.4 is 5.32 Å². The first-order valence-electron chi connectivity index (χ1n) is 9.52. The van der Waals surface area contributed by atoms with E-state index in [-0.39, 0.29) is 5.91 Å². The Hall–Kier alpha value is -3.55. The van der Waals surface area contributed by atoms with Crippen molar-refractivity contribution >= 4 is 17.2 Å². The standard InChI is InChI=1S/C21H23N7O/c1-13-5-6-14(2)18(11-13)23-21(29)10-7-17-15(3)25-28(16(17)4)20-9-8-19-24-22-12-27(19)26-20/h5-6,8-9,11-12H,7,10H2,1-4H3,(H,23,29). The van der Waals surface area contributed by atoms with Gasteiger partial charge < -0.3 is 5.32 Å². The number of aromatic nitrogens is 6. The zero-order valence-corrected chi connectivity index (χ0v) is 17.0. The van der Waals surface area contributed by atoms with Crippen LogP contribution in [0.4, 0.5) is 5.69 Å². The number of amides is 1. The average Bonchev–Trinajstić information content (AvgIpc) is 3.27. The van der Waals surface area contributed by atoms with Gasteiger partial charge in [0.1, 0.15) is 6.33 Å². The summed E-state index contributed by atoms with van der Waals surface area (Å²) in [6, 6.07) is 9.76. The number of aryl methyl sites for hydroxylation is 3. The molecule has 29 heavy (non-hydrogen) atoms. The van der Waals surface area contributed by atoms with Gasteiger partial charge in [-0.3, -0.25) is 4.79 Å². The van der Waals surface area contributed by atoms with E-state index in [0.717, 1.165) is 33.8 Å². The van der Waals surface area contributed by atoms with Gasteiger partial charge in [-0.05, 0) is 69.0 Å². The monoisotopic (exact) mass is 389 g/mol. The molecule has 4 aromatic rings. The topological polar surface area (TPSA) is 90.0 Å². The van der Waals surface area contributed by atoms with Crippen molar-refractivity contribution < 1.29 is 4.79 Å². The molecular formula is C21H23N7O. The van der Waals surface area contributed by atoms with Crippen molar-refractivity contribution in [1.29, 1.82) is 0 Å². The van der Waals surface area contributed by atoms with Gasteiger partial charge in [0, 0.05) is 17.8 Å². The van der Waals surface area contributed by atoms with Crippen LogP contribution in [0.2, 0.25) is 0 Å². The predicted octanol–water partition coefficient (Wildman–Crippen LogP) is 3.11. The van der Waals surface area contributed by atoms with E-state index >= 15 is 0 Å². The van der Waals surface area contributed by atoms with Gasteiger partial charge in [0.25, 0.3) is 0 Å². The van der Waals surface area contributed by atoms with E-state index in [1.165, 1.54) is 0 Å². The number of hydrogen-bond donors (Lipinski definition) is 1. The molecule has 0 unspecified atom stereocenters. The molecule has 0 bridgehead atoms. The van der Waals surface area contributed by atoms with Crippen molar-refractivity contribution in [2.24, 2.45) is 0 Å². The number of anilines is 1. The summed E-state index contributed by atoms with van der Waals surface area (Å²) in [5, 5.41) is 20.0. The summed E-state index contributed by atoms with van der Waals surface area (Å²) in [5.41, 5.74) is 6.65. The van der Waals surface area contributed by atoms with Crippen LogP contribution in [0.25, 0.3) is 11.5 Å². The quantitative estimate of drug-likeness (QED) is 0.566. The predicted molar refractivity (Wildman–Crippen MR) is 110 cm³/mol. The number of fused-ring (bicyclic) bond motifs is 1. The highest BCUT2D eigenvalue weighted by molar-refractivity contribution is 5.91. The summed E-state index contributed by atoms with van der Waals surface area (Å²) in [6.07, 6.45) is 2.56. The molecule has 0 aliphatic heterocycles. The molecular weight excluding hydrogens is 366 g/mol. The molecule has 4 rings (SSSR count). The van der Waals surface area contributed by atoms with E-state index in [2.05, 4.69) is 25.7 Å². The highest BCUT2D eigenvalue weighted by Gasteiger charge is 2.16. The van der Waals surface area contributed by atoms with Gasteiger partial charge >= 0.3 is 0 Å². The van der Waals surface area contributed by atoms with Crippen LogP contribution in [0.3, 0.4) is 0 Å². The summed E-state index contributed by atoms with van der Waals surface area (Å²) in [4.78, 5) is 12.5. The number of hydrogen-bond acceptors (Lipinski definition) is 5. The molecule has 1 aromatic carbocycles. The van der Waals surface area contributed by atoms with Crippen LogP contribution in [0.5, 0.6) is 0 Å². The van der Waals surface area contributed by atoms with Crippen LogP contribution in [0.1, 0.15) is 34.5 Å². The normalized spacial score (nSPS) is 11.2. The van der Waals surface area contributed by atoms with Gasteiger partial charge in [0.2, 0.25) is 5.91 Å². The number of carbonyl (C=O) groups is 1. The molecule has 8 heteroatoms. The fraction of sp³-hybridized carbons (Fsp3) is 0.286. The molecule has 0 radical (unpaired) electrons. The second kappa shape index (κ2) is 7.46. The number of benzene rings is 1. The minimum Gasteiger partial charge on any atom is -0.326 e. The molecule has 3 aromatic heterocycles. The average molecular weight is 389 g/mol. The largest absolute Gasteiger partial charge is 0.326 e. The zero-order valence-electron chi connectivity index (χ0n) is 17.0. The molecule has 0 saturated heterocycles. The van der Waals surface area contributed by atoms with Crippen molar-refractivity contribution in [3.05, 3.63) is 64.7 Å². The Morgan fingerprint density at radius 2 is 1.90 bits per heavy atom. The summed E-state index contributed by atoms with van der Waals surface area (Å²) in [5.74, 6) is 0.679. The Kier molecular flexibility index (Phi) is 4.84. The Morgan fingerprint density at radius 3 is 2.72 bits per heavy atom. The van der Waals surface area contributed by atoms with E-state index in [9.17, 15) is 4.79 Å². The van der Waals surface area contributed by atoms with Crippen LogP contribution >= 0.6 is 0 Å². The fourth-order valence-corrected chi connectivity index (χ4v) is 3.41. The van der Waals surface area contributed by atoms with Gasteiger partial charge in [-0.2, -0.15) is 9.61 Å². The third kappa shape index (κ3) is 3.73. The summed E-state index contributed by atoms with van der Waals surface area (Å²) in [6.45, 7) is 7.96. The van der Waals surface area contributed by atoms with Crippen molar-refractivity contribution in [2.45, 2.75) is 40.5 Å². The molecule has 3 heterocycles. The van der Waals surface area contributed by atoms with Gasteiger partial charge in [0.05, 0.1) is 5.69 Å². The highest BCUT2D eigenvalue weighted by Crippen LogP contribution is 2.20. The van der Waals surface area contributed by atoms with E-state index in [1.54, 1.807) is 15.5 Å². The molecule has 0 fully saturated rings. The first-order valence-corrected chi connectivity index (χ1v) is 9.52. The van der Waals surface area contributed by atoms with Crippen LogP contribution in [-0.2, 0) is 11.2 Å². The van der Waals surface area contributed by atoms with Crippen LogP contribution in [0.15, 0.2) is 36.7 Å². The molecule has 0 atom stereocenters. The molecule has 0 spiro atoms. The molecule has 148 valence electrons. The Balaban J connectivity index is 1.50. The first-order chi connectivity index (χ1) is 13.9. The van der Waals surface area contributed by atoms with Crippen molar-refractivity contribution in [1.82, 2.24) is 29.6 Å². The lowest BCUT2D eigenvalue weighted by Gasteiger charge is -2.09. The van der Waals surface area contributed by atoms with E-state index < -0.39 is 0 Å². The minimum atomic E-state index is -0.00529. The second-order valence-corrected chi connectivity index (χ2v) is 7.25.